The van der Waals surface area contributed by atoms with Crippen LogP contribution in [0.4, 0.5) is 0 Å². The van der Waals surface area contributed by atoms with E-state index >= 15 is 0 Å². The lowest BCUT2D eigenvalue weighted by molar-refractivity contribution is 0.341. The summed E-state index contributed by atoms with van der Waals surface area (Å²) in [5.41, 5.74) is 3.79. The monoisotopic (exact) mass is 257 g/mol. The Kier molecular flexibility index (Phi) is 3.34. The molecule has 1 aromatic carbocycles. The van der Waals surface area contributed by atoms with Crippen LogP contribution >= 0.6 is 0 Å². The van der Waals surface area contributed by atoms with Gasteiger partial charge in [0.1, 0.15) is 0 Å². The van der Waals surface area contributed by atoms with Gasteiger partial charge >= 0.3 is 0 Å². The van der Waals surface area contributed by atoms with Crippen molar-refractivity contribution in [3.63, 3.8) is 0 Å². The number of aryl methyl sites for hydroxylation is 2. The standard InChI is InChI=1S/C15H19N3O/c1-10-6-11(2)8-12(7-10)9-14-17-15(19-18-14)13-4-3-5-16-13/h6-8,13,16H,3-5,9H2,1-2H3. The maximum atomic E-state index is 5.36. The predicted molar refractivity (Wildman–Crippen MR) is 73.0 cm³/mol. The Hall–Kier alpha value is -1.68. The Labute approximate surface area is 113 Å². The zero-order valence-corrected chi connectivity index (χ0v) is 11.4. The van der Waals surface area contributed by atoms with Crippen LogP contribution in [0.1, 0.15) is 47.3 Å². The van der Waals surface area contributed by atoms with Crippen molar-refractivity contribution in [1.29, 1.82) is 0 Å². The molecule has 1 unspecified atom stereocenters. The number of hydrogen-bond acceptors (Lipinski definition) is 4. The van der Waals surface area contributed by atoms with E-state index in [-0.39, 0.29) is 6.04 Å². The Balaban J connectivity index is 1.76. The lowest BCUT2D eigenvalue weighted by atomic mass is 10.1. The molecule has 0 amide bonds. The molecule has 1 N–H and O–H groups in total. The van der Waals surface area contributed by atoms with E-state index in [1.165, 1.54) is 23.1 Å². The number of aromatic nitrogens is 2. The average Bonchev–Trinajstić information content (AvgIpc) is 2.96. The zero-order valence-electron chi connectivity index (χ0n) is 11.4. The minimum atomic E-state index is 0.250. The molecule has 1 aromatic heterocycles. The van der Waals surface area contributed by atoms with Crippen LogP contribution in [0.25, 0.3) is 0 Å². The van der Waals surface area contributed by atoms with Crippen molar-refractivity contribution in [3.05, 3.63) is 46.6 Å². The predicted octanol–water partition coefficient (Wildman–Crippen LogP) is 2.70. The van der Waals surface area contributed by atoms with Gasteiger partial charge in [0.25, 0.3) is 0 Å². The Morgan fingerprint density at radius 3 is 2.74 bits per heavy atom. The van der Waals surface area contributed by atoms with Crippen LogP contribution in [0, 0.1) is 13.8 Å². The van der Waals surface area contributed by atoms with Crippen molar-refractivity contribution in [3.8, 4) is 0 Å². The molecule has 0 spiro atoms. The maximum absolute atomic E-state index is 5.36. The van der Waals surface area contributed by atoms with Crippen LogP contribution in [-0.4, -0.2) is 16.7 Å². The number of nitrogens with one attached hydrogen (secondary N) is 1. The molecule has 1 atom stereocenters. The van der Waals surface area contributed by atoms with E-state index in [0.717, 1.165) is 31.1 Å². The van der Waals surface area contributed by atoms with Crippen LogP contribution in [0.15, 0.2) is 22.7 Å². The van der Waals surface area contributed by atoms with Gasteiger partial charge < -0.3 is 9.84 Å². The third-order valence-electron chi connectivity index (χ3n) is 3.49. The van der Waals surface area contributed by atoms with E-state index < -0.39 is 0 Å². The van der Waals surface area contributed by atoms with Crippen LogP contribution in [-0.2, 0) is 6.42 Å². The Morgan fingerprint density at radius 2 is 2.05 bits per heavy atom. The summed E-state index contributed by atoms with van der Waals surface area (Å²) in [7, 11) is 0. The molecule has 0 radical (unpaired) electrons. The third-order valence-corrected chi connectivity index (χ3v) is 3.49. The summed E-state index contributed by atoms with van der Waals surface area (Å²) in [6.07, 6.45) is 3.00. The second-order valence-electron chi connectivity index (χ2n) is 5.37. The van der Waals surface area contributed by atoms with Gasteiger partial charge in [-0.15, -0.1) is 0 Å². The second kappa shape index (κ2) is 5.13. The number of hydrogen-bond donors (Lipinski definition) is 1. The van der Waals surface area contributed by atoms with E-state index in [1.54, 1.807) is 0 Å². The molecule has 0 bridgehead atoms. The molecule has 2 aromatic rings. The summed E-state index contributed by atoms with van der Waals surface area (Å²) in [5.74, 6) is 1.51. The SMILES string of the molecule is Cc1cc(C)cc(Cc2noc(C3CCCN3)n2)c1. The van der Waals surface area contributed by atoms with Crippen molar-refractivity contribution in [2.75, 3.05) is 6.54 Å². The van der Waals surface area contributed by atoms with Crippen LogP contribution in [0.2, 0.25) is 0 Å². The molecule has 1 aliphatic rings. The molecule has 1 fully saturated rings. The fraction of sp³-hybridized carbons (Fsp3) is 0.467. The van der Waals surface area contributed by atoms with E-state index in [2.05, 4.69) is 47.5 Å². The van der Waals surface area contributed by atoms with E-state index in [9.17, 15) is 0 Å². The normalized spacial score (nSPS) is 18.9. The van der Waals surface area contributed by atoms with Gasteiger partial charge in [-0.05, 0) is 38.8 Å². The first-order valence-corrected chi connectivity index (χ1v) is 6.84. The summed E-state index contributed by atoms with van der Waals surface area (Å²) < 4.78 is 5.36. The highest BCUT2D eigenvalue weighted by atomic mass is 16.5. The molecule has 4 heteroatoms. The fourth-order valence-electron chi connectivity index (χ4n) is 2.73. The molecule has 100 valence electrons. The number of rotatable bonds is 3. The second-order valence-corrected chi connectivity index (χ2v) is 5.37. The highest BCUT2D eigenvalue weighted by molar-refractivity contribution is 5.30. The van der Waals surface area contributed by atoms with Gasteiger partial charge in [0, 0.05) is 6.42 Å². The summed E-state index contributed by atoms with van der Waals surface area (Å²) in [5, 5.41) is 7.46. The number of benzene rings is 1. The highest BCUT2D eigenvalue weighted by Gasteiger charge is 2.22. The summed E-state index contributed by atoms with van der Waals surface area (Å²) in [6.45, 7) is 5.26. The van der Waals surface area contributed by atoms with Gasteiger partial charge in [-0.1, -0.05) is 34.5 Å². The van der Waals surface area contributed by atoms with Crippen molar-refractivity contribution in [2.24, 2.45) is 0 Å². The van der Waals surface area contributed by atoms with Crippen molar-refractivity contribution >= 4 is 0 Å². The molecule has 3 rings (SSSR count). The smallest absolute Gasteiger partial charge is 0.243 e. The molecule has 2 heterocycles. The van der Waals surface area contributed by atoms with Crippen LogP contribution in [0.5, 0.6) is 0 Å². The first-order chi connectivity index (χ1) is 9.20. The van der Waals surface area contributed by atoms with Gasteiger partial charge in [0.2, 0.25) is 5.89 Å². The summed E-state index contributed by atoms with van der Waals surface area (Å²) >= 11 is 0. The quantitative estimate of drug-likeness (QED) is 0.918. The maximum Gasteiger partial charge on any atom is 0.243 e. The molecular formula is C15H19N3O. The Bertz CT molecular complexity index is 550. The van der Waals surface area contributed by atoms with Crippen molar-refractivity contribution in [1.82, 2.24) is 15.5 Å². The van der Waals surface area contributed by atoms with Crippen LogP contribution < -0.4 is 5.32 Å². The molecule has 19 heavy (non-hydrogen) atoms. The van der Waals surface area contributed by atoms with Crippen LogP contribution in [0.3, 0.4) is 0 Å². The van der Waals surface area contributed by atoms with Gasteiger partial charge in [0.05, 0.1) is 6.04 Å². The average molecular weight is 257 g/mol. The fourth-order valence-corrected chi connectivity index (χ4v) is 2.73. The van der Waals surface area contributed by atoms with Gasteiger partial charge in [-0.25, -0.2) is 0 Å². The van der Waals surface area contributed by atoms with Gasteiger partial charge in [-0.2, -0.15) is 4.98 Å². The van der Waals surface area contributed by atoms with Crippen molar-refractivity contribution in [2.45, 2.75) is 39.2 Å². The van der Waals surface area contributed by atoms with E-state index in [4.69, 9.17) is 4.52 Å². The Morgan fingerprint density at radius 1 is 1.26 bits per heavy atom. The minimum absolute atomic E-state index is 0.250. The highest BCUT2D eigenvalue weighted by Crippen LogP contribution is 2.21. The largest absolute Gasteiger partial charge is 0.338 e. The topological polar surface area (TPSA) is 51.0 Å². The lowest BCUT2D eigenvalue weighted by Gasteiger charge is -2.02. The van der Waals surface area contributed by atoms with Crippen molar-refractivity contribution < 1.29 is 4.52 Å². The van der Waals surface area contributed by atoms with E-state index in [1.807, 2.05) is 0 Å². The molecule has 1 saturated heterocycles. The summed E-state index contributed by atoms with van der Waals surface area (Å²) in [4.78, 5) is 4.51. The first kappa shape index (κ1) is 12.4. The summed E-state index contributed by atoms with van der Waals surface area (Å²) in [6, 6.07) is 6.78. The van der Waals surface area contributed by atoms with E-state index in [0.29, 0.717) is 0 Å². The number of nitrogens with zero attached hydrogens (tertiary/aromatic N) is 2. The van der Waals surface area contributed by atoms with Gasteiger partial charge in [-0.3, -0.25) is 0 Å². The molecule has 4 nitrogen and oxygen atoms in total. The molecular weight excluding hydrogens is 238 g/mol. The minimum Gasteiger partial charge on any atom is -0.338 e. The first-order valence-electron chi connectivity index (χ1n) is 6.84. The van der Waals surface area contributed by atoms with Gasteiger partial charge in [0.15, 0.2) is 5.82 Å². The zero-order chi connectivity index (χ0) is 13.2. The molecule has 0 aliphatic carbocycles. The third kappa shape index (κ3) is 2.84. The molecule has 1 aliphatic heterocycles. The molecule has 0 saturated carbocycles. The lowest BCUT2D eigenvalue weighted by Crippen LogP contribution is -2.13.